The maximum Gasteiger partial charge on any atom is 0.335 e. The van der Waals surface area contributed by atoms with E-state index in [9.17, 15) is 19.5 Å². The molecule has 0 saturated carbocycles. The molecule has 162 valence electrons. The maximum absolute atomic E-state index is 12.8. The van der Waals surface area contributed by atoms with Crippen LogP contribution in [-0.4, -0.2) is 59.0 Å². The summed E-state index contributed by atoms with van der Waals surface area (Å²) in [6, 6.07) is 4.53. The van der Waals surface area contributed by atoms with Crippen molar-refractivity contribution in [2.45, 2.75) is 26.7 Å². The number of anilines is 1. The first-order valence-corrected chi connectivity index (χ1v) is 10.5. The number of benzene rings is 1. The third-order valence-electron chi connectivity index (χ3n) is 5.95. The molecule has 4 rings (SSSR count). The van der Waals surface area contributed by atoms with E-state index < -0.39 is 5.97 Å². The molecule has 1 aromatic heterocycles. The van der Waals surface area contributed by atoms with E-state index in [0.29, 0.717) is 34.6 Å². The van der Waals surface area contributed by atoms with E-state index >= 15 is 0 Å². The second-order valence-electron chi connectivity index (χ2n) is 8.05. The van der Waals surface area contributed by atoms with Crippen LogP contribution in [0.2, 0.25) is 0 Å². The van der Waals surface area contributed by atoms with Crippen LogP contribution in [0, 0.1) is 13.8 Å². The standard InChI is InChI=1S/C23H26N4O4/c1-13-19(12-17-16-11-15(23(30)31)5-6-18(16)26-21(17)28)25-14(2)20(13)22(29)24-7-10-27-8-3-4-9-27/h5-6,11-12,25H,3-4,7-10H2,1-2H3,(H,24,29)(H,26,28)(H,30,31)/b17-12-. The van der Waals surface area contributed by atoms with Crippen molar-refractivity contribution in [1.29, 1.82) is 0 Å². The molecule has 0 atom stereocenters. The number of H-pyrrole nitrogens is 1. The number of carboxylic acids is 1. The Morgan fingerprint density at radius 3 is 2.68 bits per heavy atom. The molecule has 1 saturated heterocycles. The fraction of sp³-hybridized carbons (Fsp3) is 0.348. The lowest BCUT2D eigenvalue weighted by atomic mass is 10.0. The van der Waals surface area contributed by atoms with Crippen molar-refractivity contribution in [3.63, 3.8) is 0 Å². The summed E-state index contributed by atoms with van der Waals surface area (Å²) >= 11 is 0. The van der Waals surface area contributed by atoms with Gasteiger partial charge in [0.25, 0.3) is 11.8 Å². The molecule has 2 amide bonds. The predicted molar refractivity (Wildman–Crippen MR) is 118 cm³/mol. The summed E-state index contributed by atoms with van der Waals surface area (Å²) in [7, 11) is 0. The summed E-state index contributed by atoms with van der Waals surface area (Å²) in [5.74, 6) is -1.50. The summed E-state index contributed by atoms with van der Waals surface area (Å²) in [6.45, 7) is 7.27. The van der Waals surface area contributed by atoms with Crippen molar-refractivity contribution >= 4 is 35.1 Å². The first-order valence-electron chi connectivity index (χ1n) is 10.5. The lowest BCUT2D eigenvalue weighted by molar-refractivity contribution is -0.110. The third kappa shape index (κ3) is 4.11. The van der Waals surface area contributed by atoms with Crippen molar-refractivity contribution in [3.05, 3.63) is 51.8 Å². The van der Waals surface area contributed by atoms with Crippen LogP contribution in [0.1, 0.15) is 56.1 Å². The van der Waals surface area contributed by atoms with E-state index in [0.717, 1.165) is 30.9 Å². The van der Waals surface area contributed by atoms with Crippen molar-refractivity contribution in [2.75, 3.05) is 31.5 Å². The topological polar surface area (TPSA) is 115 Å². The number of likely N-dealkylation sites (tertiary alicyclic amines) is 1. The lowest BCUT2D eigenvalue weighted by Crippen LogP contribution is -2.33. The van der Waals surface area contributed by atoms with Crippen molar-refractivity contribution in [3.8, 4) is 0 Å². The highest BCUT2D eigenvalue weighted by molar-refractivity contribution is 6.35. The molecule has 0 radical (unpaired) electrons. The van der Waals surface area contributed by atoms with Gasteiger partial charge >= 0.3 is 5.97 Å². The SMILES string of the molecule is Cc1[nH]c(/C=C2\C(=O)Nc3ccc(C(=O)O)cc32)c(C)c1C(=O)NCCN1CCCC1. The predicted octanol–water partition coefficient (Wildman–Crippen LogP) is 2.65. The Kier molecular flexibility index (Phi) is 5.65. The van der Waals surface area contributed by atoms with Gasteiger partial charge in [0.1, 0.15) is 0 Å². The van der Waals surface area contributed by atoms with Crippen LogP contribution in [0.15, 0.2) is 18.2 Å². The van der Waals surface area contributed by atoms with Gasteiger partial charge in [-0.2, -0.15) is 0 Å². The number of nitrogens with one attached hydrogen (secondary N) is 3. The number of aromatic amines is 1. The second kappa shape index (κ2) is 8.39. The number of carbonyl (C=O) groups is 3. The van der Waals surface area contributed by atoms with Gasteiger partial charge in [-0.3, -0.25) is 9.59 Å². The third-order valence-corrected chi connectivity index (χ3v) is 5.95. The highest BCUT2D eigenvalue weighted by Gasteiger charge is 2.26. The van der Waals surface area contributed by atoms with Gasteiger partial charge in [-0.05, 0) is 69.6 Å². The molecule has 3 heterocycles. The highest BCUT2D eigenvalue weighted by Crippen LogP contribution is 2.34. The average molecular weight is 422 g/mol. The Bertz CT molecular complexity index is 1090. The van der Waals surface area contributed by atoms with Crippen molar-refractivity contribution < 1.29 is 19.5 Å². The smallest absolute Gasteiger partial charge is 0.335 e. The van der Waals surface area contributed by atoms with Gasteiger partial charge in [0.05, 0.1) is 16.7 Å². The zero-order chi connectivity index (χ0) is 22.1. The van der Waals surface area contributed by atoms with Gasteiger partial charge in [0, 0.05) is 35.7 Å². The molecule has 1 fully saturated rings. The first kappa shape index (κ1) is 20.9. The number of fused-ring (bicyclic) bond motifs is 1. The number of nitrogens with zero attached hydrogens (tertiary/aromatic N) is 1. The van der Waals surface area contributed by atoms with Crippen molar-refractivity contribution in [1.82, 2.24) is 15.2 Å². The Hall–Kier alpha value is -3.39. The minimum atomic E-state index is -1.05. The molecule has 8 nitrogen and oxygen atoms in total. The number of hydrogen-bond donors (Lipinski definition) is 4. The molecule has 0 bridgehead atoms. The molecule has 0 unspecified atom stereocenters. The molecule has 4 N–H and O–H groups in total. The van der Waals surface area contributed by atoms with Crippen LogP contribution in [0.4, 0.5) is 5.69 Å². The fourth-order valence-electron chi connectivity index (χ4n) is 4.29. The number of aromatic nitrogens is 1. The number of aromatic carboxylic acids is 1. The molecule has 31 heavy (non-hydrogen) atoms. The summed E-state index contributed by atoms with van der Waals surface area (Å²) in [4.78, 5) is 42.1. The van der Waals surface area contributed by atoms with E-state index in [2.05, 4.69) is 20.5 Å². The largest absolute Gasteiger partial charge is 0.478 e. The Morgan fingerprint density at radius 2 is 1.97 bits per heavy atom. The normalized spacial score (nSPS) is 17.1. The van der Waals surface area contributed by atoms with Crippen molar-refractivity contribution in [2.24, 2.45) is 0 Å². The monoisotopic (exact) mass is 422 g/mol. The number of carbonyl (C=O) groups excluding carboxylic acids is 2. The van der Waals surface area contributed by atoms with E-state index in [1.54, 1.807) is 12.1 Å². The lowest BCUT2D eigenvalue weighted by Gasteiger charge is -2.14. The van der Waals surface area contributed by atoms with Crippen LogP contribution in [0.25, 0.3) is 11.6 Å². The molecule has 1 aromatic carbocycles. The molecule has 8 heteroatoms. The summed E-state index contributed by atoms with van der Waals surface area (Å²) < 4.78 is 0. The Labute approximate surface area is 180 Å². The molecule has 2 aromatic rings. The molecule has 0 spiro atoms. The zero-order valence-electron chi connectivity index (χ0n) is 17.7. The molecular formula is C23H26N4O4. The molecule has 2 aliphatic rings. The fourth-order valence-corrected chi connectivity index (χ4v) is 4.29. The summed E-state index contributed by atoms with van der Waals surface area (Å²) in [6.07, 6.45) is 4.11. The quantitative estimate of drug-likeness (QED) is 0.535. The minimum absolute atomic E-state index is 0.110. The molecule has 0 aliphatic carbocycles. The van der Waals surface area contributed by atoms with Crippen LogP contribution < -0.4 is 10.6 Å². The van der Waals surface area contributed by atoms with Gasteiger partial charge in [-0.25, -0.2) is 4.79 Å². The number of amides is 2. The van der Waals surface area contributed by atoms with E-state index in [1.807, 2.05) is 13.8 Å². The average Bonchev–Trinajstić information content (AvgIpc) is 3.41. The van der Waals surface area contributed by atoms with Crippen LogP contribution >= 0.6 is 0 Å². The van der Waals surface area contributed by atoms with E-state index in [4.69, 9.17) is 0 Å². The zero-order valence-corrected chi connectivity index (χ0v) is 17.7. The summed E-state index contributed by atoms with van der Waals surface area (Å²) in [5.41, 5.74) is 4.28. The first-order chi connectivity index (χ1) is 14.8. The van der Waals surface area contributed by atoms with Gasteiger partial charge in [0.15, 0.2) is 0 Å². The minimum Gasteiger partial charge on any atom is -0.478 e. The van der Waals surface area contributed by atoms with Gasteiger partial charge in [-0.15, -0.1) is 0 Å². The highest BCUT2D eigenvalue weighted by atomic mass is 16.4. The van der Waals surface area contributed by atoms with Crippen LogP contribution in [-0.2, 0) is 4.79 Å². The van der Waals surface area contributed by atoms with Gasteiger partial charge in [0.2, 0.25) is 0 Å². The second-order valence-corrected chi connectivity index (χ2v) is 8.05. The Balaban J connectivity index is 1.57. The van der Waals surface area contributed by atoms with E-state index in [-0.39, 0.29) is 17.4 Å². The number of carboxylic acid groups (broad SMARTS) is 1. The van der Waals surface area contributed by atoms with Crippen LogP contribution in [0.5, 0.6) is 0 Å². The Morgan fingerprint density at radius 1 is 1.23 bits per heavy atom. The number of hydrogen-bond acceptors (Lipinski definition) is 4. The van der Waals surface area contributed by atoms with E-state index in [1.165, 1.54) is 25.0 Å². The van der Waals surface area contributed by atoms with Gasteiger partial charge < -0.3 is 25.6 Å². The number of rotatable bonds is 6. The molecule has 2 aliphatic heterocycles. The number of aryl methyl sites for hydroxylation is 1. The van der Waals surface area contributed by atoms with Gasteiger partial charge in [-0.1, -0.05) is 0 Å². The summed E-state index contributed by atoms with van der Waals surface area (Å²) in [5, 5.41) is 15.0. The molecular weight excluding hydrogens is 396 g/mol. The van der Waals surface area contributed by atoms with Crippen LogP contribution in [0.3, 0.4) is 0 Å². The maximum atomic E-state index is 12.8.